The van der Waals surface area contributed by atoms with E-state index in [1.165, 1.54) is 0 Å². The van der Waals surface area contributed by atoms with Crippen LogP contribution in [0.4, 0.5) is 0 Å². The first kappa shape index (κ1) is 16.0. The number of benzene rings is 1. The summed E-state index contributed by atoms with van der Waals surface area (Å²) in [7, 11) is -1.11. The predicted octanol–water partition coefficient (Wildman–Crippen LogP) is 0.983. The summed E-state index contributed by atoms with van der Waals surface area (Å²) in [5.74, 6) is 0.299. The predicted molar refractivity (Wildman–Crippen MR) is 82.7 cm³/mol. The van der Waals surface area contributed by atoms with Crippen LogP contribution in [0, 0.1) is 0 Å². The summed E-state index contributed by atoms with van der Waals surface area (Å²) < 4.78 is 22.9. The van der Waals surface area contributed by atoms with Crippen LogP contribution >= 0.6 is 0 Å². The van der Waals surface area contributed by atoms with Gasteiger partial charge >= 0.3 is 0 Å². The van der Waals surface area contributed by atoms with Crippen molar-refractivity contribution >= 4 is 15.7 Å². The van der Waals surface area contributed by atoms with Gasteiger partial charge in [-0.3, -0.25) is 9.69 Å². The fourth-order valence-electron chi connectivity index (χ4n) is 2.59. The van der Waals surface area contributed by atoms with E-state index in [4.69, 9.17) is 0 Å². The standard InChI is InChI=1S/C15H22N2O3S/c1-12(13-6-4-3-5-7-13)16-15(18)10-17(2)14-8-9-21(19,20)11-14/h3-7,12,14H,8-11H2,1-2H3,(H,16,18)/t12-,14-/m1/s1. The number of carbonyl (C=O) groups excluding carboxylic acids is 1. The van der Waals surface area contributed by atoms with Gasteiger partial charge in [-0.05, 0) is 26.0 Å². The summed E-state index contributed by atoms with van der Waals surface area (Å²) in [6.45, 7) is 2.16. The van der Waals surface area contributed by atoms with Gasteiger partial charge in [0.1, 0.15) is 0 Å². The molecule has 2 atom stereocenters. The summed E-state index contributed by atoms with van der Waals surface area (Å²) in [5.41, 5.74) is 1.05. The van der Waals surface area contributed by atoms with Gasteiger partial charge in [0.05, 0.1) is 24.1 Å². The number of amides is 1. The SMILES string of the molecule is C[C@@H](NC(=O)CN(C)[C@@H]1CCS(=O)(=O)C1)c1ccccc1. The Bertz CT molecular complexity index is 586. The lowest BCUT2D eigenvalue weighted by molar-refractivity contribution is -0.123. The molecular formula is C15H22N2O3S. The molecule has 1 aliphatic rings. The fourth-order valence-corrected chi connectivity index (χ4v) is 4.40. The van der Waals surface area contributed by atoms with E-state index in [1.807, 2.05) is 42.2 Å². The van der Waals surface area contributed by atoms with Crippen molar-refractivity contribution < 1.29 is 13.2 Å². The number of sulfone groups is 1. The normalized spacial score (nSPS) is 22.1. The molecule has 0 bridgehead atoms. The molecule has 1 fully saturated rings. The molecule has 0 radical (unpaired) electrons. The largest absolute Gasteiger partial charge is 0.348 e. The summed E-state index contributed by atoms with van der Waals surface area (Å²) in [4.78, 5) is 13.9. The molecule has 1 aromatic carbocycles. The quantitative estimate of drug-likeness (QED) is 0.880. The molecule has 1 amide bonds. The van der Waals surface area contributed by atoms with Crippen LogP contribution < -0.4 is 5.32 Å². The van der Waals surface area contributed by atoms with Gasteiger partial charge in [0.25, 0.3) is 0 Å². The Balaban J connectivity index is 1.84. The summed E-state index contributed by atoms with van der Waals surface area (Å²) >= 11 is 0. The Morgan fingerprint density at radius 1 is 1.38 bits per heavy atom. The second kappa shape index (κ2) is 6.58. The molecule has 21 heavy (non-hydrogen) atoms. The molecule has 5 nitrogen and oxygen atoms in total. The van der Waals surface area contributed by atoms with Crippen molar-refractivity contribution in [2.75, 3.05) is 25.1 Å². The molecule has 1 aliphatic heterocycles. The van der Waals surface area contributed by atoms with Crippen molar-refractivity contribution in [3.05, 3.63) is 35.9 Å². The Hall–Kier alpha value is -1.40. The van der Waals surface area contributed by atoms with E-state index in [0.717, 1.165) is 5.56 Å². The molecule has 0 unspecified atom stereocenters. The highest BCUT2D eigenvalue weighted by molar-refractivity contribution is 7.91. The van der Waals surface area contributed by atoms with Gasteiger partial charge in [-0.25, -0.2) is 8.42 Å². The second-order valence-electron chi connectivity index (χ2n) is 5.67. The highest BCUT2D eigenvalue weighted by Crippen LogP contribution is 2.16. The first-order valence-electron chi connectivity index (χ1n) is 7.12. The van der Waals surface area contributed by atoms with Crippen LogP contribution in [0.15, 0.2) is 30.3 Å². The van der Waals surface area contributed by atoms with E-state index in [2.05, 4.69) is 5.32 Å². The molecular weight excluding hydrogens is 288 g/mol. The zero-order chi connectivity index (χ0) is 15.5. The molecule has 0 aromatic heterocycles. The second-order valence-corrected chi connectivity index (χ2v) is 7.90. The molecule has 0 aliphatic carbocycles. The van der Waals surface area contributed by atoms with Gasteiger partial charge in [0, 0.05) is 6.04 Å². The van der Waals surface area contributed by atoms with Crippen molar-refractivity contribution in [3.8, 4) is 0 Å². The minimum absolute atomic E-state index is 0.0484. The number of hydrogen-bond donors (Lipinski definition) is 1. The molecule has 0 spiro atoms. The maximum Gasteiger partial charge on any atom is 0.234 e. The van der Waals surface area contributed by atoms with E-state index in [9.17, 15) is 13.2 Å². The number of carbonyl (C=O) groups is 1. The zero-order valence-corrected chi connectivity index (χ0v) is 13.3. The van der Waals surface area contributed by atoms with Gasteiger partial charge in [0.15, 0.2) is 9.84 Å². The highest BCUT2D eigenvalue weighted by atomic mass is 32.2. The van der Waals surface area contributed by atoms with Crippen LogP contribution in [-0.2, 0) is 14.6 Å². The van der Waals surface area contributed by atoms with E-state index >= 15 is 0 Å². The zero-order valence-electron chi connectivity index (χ0n) is 12.5. The monoisotopic (exact) mass is 310 g/mol. The Labute approximate surface area is 126 Å². The molecule has 2 rings (SSSR count). The molecule has 6 heteroatoms. The molecule has 0 saturated carbocycles. The Kier molecular flexibility index (Phi) is 5.00. The summed E-state index contributed by atoms with van der Waals surface area (Å²) in [5, 5.41) is 2.94. The maximum atomic E-state index is 12.1. The smallest absolute Gasteiger partial charge is 0.234 e. The highest BCUT2D eigenvalue weighted by Gasteiger charge is 2.31. The van der Waals surface area contributed by atoms with Crippen molar-refractivity contribution in [2.45, 2.75) is 25.4 Å². The average Bonchev–Trinajstić information content (AvgIpc) is 2.80. The maximum absolute atomic E-state index is 12.1. The molecule has 1 N–H and O–H groups in total. The van der Waals surface area contributed by atoms with Crippen LogP contribution in [0.5, 0.6) is 0 Å². The van der Waals surface area contributed by atoms with Crippen LogP contribution in [0.3, 0.4) is 0 Å². The first-order valence-corrected chi connectivity index (χ1v) is 8.94. The number of hydrogen-bond acceptors (Lipinski definition) is 4. The average molecular weight is 310 g/mol. The lowest BCUT2D eigenvalue weighted by Gasteiger charge is -2.23. The Morgan fingerprint density at radius 2 is 2.05 bits per heavy atom. The lowest BCUT2D eigenvalue weighted by Crippen LogP contribution is -2.41. The summed E-state index contributed by atoms with van der Waals surface area (Å²) in [6, 6.07) is 9.65. The molecule has 1 saturated heterocycles. The summed E-state index contributed by atoms with van der Waals surface area (Å²) in [6.07, 6.45) is 0.611. The van der Waals surface area contributed by atoms with Crippen molar-refractivity contribution in [1.82, 2.24) is 10.2 Å². The van der Waals surface area contributed by atoms with Gasteiger partial charge in [-0.15, -0.1) is 0 Å². The van der Waals surface area contributed by atoms with E-state index in [0.29, 0.717) is 6.42 Å². The number of rotatable bonds is 5. The van der Waals surface area contributed by atoms with Crippen molar-refractivity contribution in [1.29, 1.82) is 0 Å². The topological polar surface area (TPSA) is 66.5 Å². The van der Waals surface area contributed by atoms with Gasteiger partial charge in [-0.1, -0.05) is 30.3 Å². The van der Waals surface area contributed by atoms with Gasteiger partial charge in [0.2, 0.25) is 5.91 Å². The van der Waals surface area contributed by atoms with E-state index < -0.39 is 9.84 Å². The van der Waals surface area contributed by atoms with Crippen LogP contribution in [0.1, 0.15) is 24.9 Å². The number of nitrogens with one attached hydrogen (secondary N) is 1. The number of nitrogens with zero attached hydrogens (tertiary/aromatic N) is 1. The molecule has 116 valence electrons. The third-order valence-corrected chi connectivity index (χ3v) is 5.65. The first-order chi connectivity index (χ1) is 9.87. The molecule has 1 heterocycles. The van der Waals surface area contributed by atoms with Gasteiger partial charge in [-0.2, -0.15) is 0 Å². The molecule has 1 aromatic rings. The van der Waals surface area contributed by atoms with Crippen LogP contribution in [0.25, 0.3) is 0 Å². The number of likely N-dealkylation sites (N-methyl/N-ethyl adjacent to an activating group) is 1. The van der Waals surface area contributed by atoms with E-state index in [1.54, 1.807) is 7.05 Å². The fraction of sp³-hybridized carbons (Fsp3) is 0.533. The van der Waals surface area contributed by atoms with Crippen molar-refractivity contribution in [3.63, 3.8) is 0 Å². The minimum Gasteiger partial charge on any atom is -0.348 e. The third kappa shape index (κ3) is 4.54. The van der Waals surface area contributed by atoms with Crippen molar-refractivity contribution in [2.24, 2.45) is 0 Å². The lowest BCUT2D eigenvalue weighted by atomic mass is 10.1. The van der Waals surface area contributed by atoms with E-state index in [-0.39, 0.29) is 36.0 Å². The van der Waals surface area contributed by atoms with Gasteiger partial charge < -0.3 is 5.32 Å². The third-order valence-electron chi connectivity index (χ3n) is 3.90. The van der Waals surface area contributed by atoms with Crippen LogP contribution in [0.2, 0.25) is 0 Å². The van der Waals surface area contributed by atoms with Crippen LogP contribution in [-0.4, -0.2) is 50.4 Å². The minimum atomic E-state index is -2.92. The Morgan fingerprint density at radius 3 is 2.62 bits per heavy atom.